The zero-order chi connectivity index (χ0) is 21.7. The maximum Gasteiger partial charge on any atom is 0.253 e. The minimum Gasteiger partial charge on any atom is -0.456 e. The monoisotopic (exact) mass is 410 g/mol. The Morgan fingerprint density at radius 3 is 2.73 bits per heavy atom. The van der Waals surface area contributed by atoms with E-state index in [1.54, 1.807) is 62.5 Å². The van der Waals surface area contributed by atoms with Gasteiger partial charge in [0.1, 0.15) is 23.6 Å². The second-order valence-corrected chi connectivity index (χ2v) is 6.90. The molecule has 6 nitrogen and oxygen atoms in total. The van der Waals surface area contributed by atoms with Crippen LogP contribution >= 0.6 is 0 Å². The van der Waals surface area contributed by atoms with Gasteiger partial charge in [0, 0.05) is 49.8 Å². The van der Waals surface area contributed by atoms with Crippen molar-refractivity contribution in [2.24, 2.45) is 0 Å². The van der Waals surface area contributed by atoms with Gasteiger partial charge in [-0.3, -0.25) is 9.78 Å². The first kappa shape index (κ1) is 21.4. The first-order valence-electron chi connectivity index (χ1n) is 9.49. The van der Waals surface area contributed by atoms with Crippen LogP contribution in [0, 0.1) is 12.7 Å². The van der Waals surface area contributed by atoms with Crippen molar-refractivity contribution in [3.8, 4) is 11.5 Å². The summed E-state index contributed by atoms with van der Waals surface area (Å²) in [4.78, 5) is 29.3. The number of carbonyl (C=O) groups excluding carboxylic acids is 2. The fraction of sp³-hybridized carbons (Fsp3) is 0.261. The molecule has 0 radical (unpaired) electrons. The molecule has 156 valence electrons. The molecular formula is C23H23FN2O4. The number of hydrogen-bond acceptors (Lipinski definition) is 5. The minimum atomic E-state index is -0.464. The molecule has 7 heteroatoms. The lowest BCUT2D eigenvalue weighted by Gasteiger charge is -2.17. The van der Waals surface area contributed by atoms with E-state index in [-0.39, 0.29) is 12.3 Å². The summed E-state index contributed by atoms with van der Waals surface area (Å²) in [6.07, 6.45) is 2.26. The van der Waals surface area contributed by atoms with Crippen LogP contribution in [0.25, 0.3) is 10.9 Å². The van der Waals surface area contributed by atoms with E-state index in [2.05, 4.69) is 4.98 Å². The Kier molecular flexibility index (Phi) is 6.74. The molecule has 1 amide bonds. The van der Waals surface area contributed by atoms with Gasteiger partial charge in [0.25, 0.3) is 5.91 Å². The molecule has 0 saturated carbocycles. The van der Waals surface area contributed by atoms with Gasteiger partial charge < -0.3 is 19.2 Å². The van der Waals surface area contributed by atoms with Gasteiger partial charge in [0.2, 0.25) is 0 Å². The number of fused-ring (bicyclic) bond motifs is 1. The van der Waals surface area contributed by atoms with Crippen molar-refractivity contribution in [1.82, 2.24) is 9.88 Å². The average Bonchev–Trinajstić information content (AvgIpc) is 2.76. The zero-order valence-corrected chi connectivity index (χ0v) is 17.1. The lowest BCUT2D eigenvalue weighted by atomic mass is 10.1. The predicted octanol–water partition coefficient (Wildman–Crippen LogP) is 3.93. The molecule has 0 aliphatic heterocycles. The van der Waals surface area contributed by atoms with Crippen LogP contribution in [0.5, 0.6) is 11.5 Å². The average molecular weight is 410 g/mol. The number of benzene rings is 2. The Labute approximate surface area is 174 Å². The van der Waals surface area contributed by atoms with Gasteiger partial charge in [-0.15, -0.1) is 0 Å². The molecule has 0 saturated heterocycles. The Morgan fingerprint density at radius 2 is 2.00 bits per heavy atom. The van der Waals surface area contributed by atoms with Gasteiger partial charge >= 0.3 is 0 Å². The number of amides is 1. The molecule has 30 heavy (non-hydrogen) atoms. The number of ether oxygens (including phenoxy) is 2. The summed E-state index contributed by atoms with van der Waals surface area (Å²) in [5, 5.41) is 0.639. The van der Waals surface area contributed by atoms with Gasteiger partial charge in [0.05, 0.1) is 12.1 Å². The third-order valence-corrected chi connectivity index (χ3v) is 4.87. The summed E-state index contributed by atoms with van der Waals surface area (Å²) < 4.78 is 25.5. The van der Waals surface area contributed by atoms with Gasteiger partial charge in [-0.05, 0) is 42.8 Å². The van der Waals surface area contributed by atoms with Gasteiger partial charge in [-0.25, -0.2) is 4.39 Å². The highest BCUT2D eigenvalue weighted by Gasteiger charge is 2.16. The van der Waals surface area contributed by atoms with E-state index in [1.807, 2.05) is 0 Å². The van der Waals surface area contributed by atoms with E-state index in [0.29, 0.717) is 58.5 Å². The van der Waals surface area contributed by atoms with Crippen molar-refractivity contribution in [2.75, 3.05) is 27.3 Å². The van der Waals surface area contributed by atoms with Crippen LogP contribution in [0.1, 0.15) is 21.5 Å². The summed E-state index contributed by atoms with van der Waals surface area (Å²) >= 11 is 0. The fourth-order valence-corrected chi connectivity index (χ4v) is 3.09. The Hall–Kier alpha value is -3.32. The Morgan fingerprint density at radius 1 is 1.20 bits per heavy atom. The van der Waals surface area contributed by atoms with Crippen LogP contribution < -0.4 is 4.74 Å². The molecule has 1 aromatic heterocycles. The third kappa shape index (κ3) is 4.46. The van der Waals surface area contributed by atoms with Crippen molar-refractivity contribution in [1.29, 1.82) is 0 Å². The molecule has 0 atom stereocenters. The van der Waals surface area contributed by atoms with E-state index in [0.717, 1.165) is 0 Å². The number of aromatic nitrogens is 1. The summed E-state index contributed by atoms with van der Waals surface area (Å²) in [7, 11) is 3.29. The summed E-state index contributed by atoms with van der Waals surface area (Å²) in [6, 6.07) is 10.0. The van der Waals surface area contributed by atoms with E-state index in [9.17, 15) is 14.0 Å². The van der Waals surface area contributed by atoms with Crippen molar-refractivity contribution in [3.63, 3.8) is 0 Å². The van der Waals surface area contributed by atoms with Gasteiger partial charge in [-0.2, -0.15) is 0 Å². The van der Waals surface area contributed by atoms with E-state index >= 15 is 0 Å². The number of carbonyl (C=O) groups is 2. The summed E-state index contributed by atoms with van der Waals surface area (Å²) in [5.41, 5.74) is 1.77. The van der Waals surface area contributed by atoms with Crippen LogP contribution in [0.15, 0.2) is 42.6 Å². The minimum absolute atomic E-state index is 0.00714. The number of halogens is 1. The van der Waals surface area contributed by atoms with Crippen molar-refractivity contribution < 1.29 is 23.5 Å². The third-order valence-electron chi connectivity index (χ3n) is 4.87. The molecule has 0 aliphatic carbocycles. The van der Waals surface area contributed by atoms with Gasteiger partial charge in [0.15, 0.2) is 0 Å². The summed E-state index contributed by atoms with van der Waals surface area (Å²) in [5.74, 6) is 0.182. The first-order chi connectivity index (χ1) is 14.5. The molecule has 3 rings (SSSR count). The highest BCUT2D eigenvalue weighted by molar-refractivity contribution is 5.99. The smallest absolute Gasteiger partial charge is 0.253 e. The predicted molar refractivity (Wildman–Crippen MR) is 112 cm³/mol. The molecule has 3 aromatic rings. The molecule has 2 aromatic carbocycles. The largest absolute Gasteiger partial charge is 0.456 e. The molecule has 0 aliphatic rings. The van der Waals surface area contributed by atoms with Crippen LogP contribution in [-0.4, -0.2) is 49.4 Å². The number of aldehydes is 1. The molecule has 0 spiro atoms. The maximum atomic E-state index is 14.5. The normalized spacial score (nSPS) is 10.8. The van der Waals surface area contributed by atoms with Crippen LogP contribution in [-0.2, 0) is 16.0 Å². The standard InChI is InChI=1S/C23H23FN2O4/c1-15-20(7-5-16(9-12-27)22(15)24)30-21-8-10-25-19-6-4-17(14-18(19)21)23(28)26(2)11-13-29-3/h4-8,10,12,14H,9,11,13H2,1-3H3. The lowest BCUT2D eigenvalue weighted by Crippen LogP contribution is -2.29. The van der Waals surface area contributed by atoms with Crippen LogP contribution in [0.4, 0.5) is 4.39 Å². The molecule has 0 bridgehead atoms. The molecule has 0 fully saturated rings. The number of rotatable bonds is 8. The second-order valence-electron chi connectivity index (χ2n) is 6.90. The van der Waals surface area contributed by atoms with Crippen molar-refractivity contribution >= 4 is 23.1 Å². The molecular weight excluding hydrogens is 387 g/mol. The van der Waals surface area contributed by atoms with E-state index in [4.69, 9.17) is 9.47 Å². The van der Waals surface area contributed by atoms with Gasteiger partial charge in [-0.1, -0.05) is 6.07 Å². The lowest BCUT2D eigenvalue weighted by molar-refractivity contribution is -0.107. The van der Waals surface area contributed by atoms with E-state index < -0.39 is 5.82 Å². The Bertz CT molecular complexity index is 1080. The van der Waals surface area contributed by atoms with Crippen LogP contribution in [0.2, 0.25) is 0 Å². The quantitative estimate of drug-likeness (QED) is 0.526. The van der Waals surface area contributed by atoms with Crippen molar-refractivity contribution in [3.05, 3.63) is 65.1 Å². The number of methoxy groups -OCH3 is 1. The molecule has 0 N–H and O–H groups in total. The second kappa shape index (κ2) is 9.45. The number of hydrogen-bond donors (Lipinski definition) is 0. The zero-order valence-electron chi connectivity index (χ0n) is 17.1. The highest BCUT2D eigenvalue weighted by Crippen LogP contribution is 2.33. The topological polar surface area (TPSA) is 68.7 Å². The number of nitrogens with zero attached hydrogens (tertiary/aromatic N) is 2. The Balaban J connectivity index is 1.96. The number of pyridine rings is 1. The fourth-order valence-electron chi connectivity index (χ4n) is 3.09. The maximum absolute atomic E-state index is 14.5. The van der Waals surface area contributed by atoms with Crippen molar-refractivity contribution in [2.45, 2.75) is 13.3 Å². The van der Waals surface area contributed by atoms with Crippen LogP contribution in [0.3, 0.4) is 0 Å². The van der Waals surface area contributed by atoms with E-state index in [1.165, 1.54) is 6.07 Å². The SMILES string of the molecule is COCCN(C)C(=O)c1ccc2nccc(Oc3ccc(CC=O)c(F)c3C)c2c1. The molecule has 0 unspecified atom stereocenters. The number of likely N-dealkylation sites (N-methyl/N-ethyl adjacent to an activating group) is 1. The first-order valence-corrected chi connectivity index (χ1v) is 9.49. The molecule has 1 heterocycles. The summed E-state index contributed by atoms with van der Waals surface area (Å²) in [6.45, 7) is 2.51. The highest BCUT2D eigenvalue weighted by atomic mass is 19.1.